The molecule has 0 spiro atoms. The van der Waals surface area contributed by atoms with Gasteiger partial charge in [0.05, 0.1) is 12.0 Å². The quantitative estimate of drug-likeness (QED) is 0.820. The van der Waals surface area contributed by atoms with Crippen molar-refractivity contribution in [2.45, 2.75) is 69.6 Å². The molecule has 140 valence electrons. The molecule has 0 aromatic rings. The van der Waals surface area contributed by atoms with Gasteiger partial charge in [-0.15, -0.1) is 0 Å². The smallest absolute Gasteiger partial charge is 0.228 e. The first-order valence-corrected chi connectivity index (χ1v) is 10.1. The Balaban J connectivity index is 1.29. The topological polar surface area (TPSA) is 64.1 Å². The van der Waals surface area contributed by atoms with Gasteiger partial charge >= 0.3 is 0 Å². The molecule has 1 N–H and O–H groups in total. The zero-order valence-corrected chi connectivity index (χ0v) is 15.1. The number of amides is 2. The molecule has 2 aliphatic carbocycles. The average Bonchev–Trinajstić information content (AvgIpc) is 3.35. The molecule has 4 rings (SSSR count). The molecule has 2 amide bonds. The lowest BCUT2D eigenvalue weighted by molar-refractivity contribution is -0.138. The standard InChI is InChI=1S/C19H31N3O3/c23-17-7-3-6-16(17)20-8-10-21(11-9-20)19(25)14-12-18(24)22(13-14)15-4-1-2-5-15/h14-17,23H,1-13H2. The predicted molar refractivity (Wildman–Crippen MR) is 93.9 cm³/mol. The van der Waals surface area contributed by atoms with Gasteiger partial charge in [0, 0.05) is 51.2 Å². The molecule has 6 nitrogen and oxygen atoms in total. The van der Waals surface area contributed by atoms with Gasteiger partial charge in [-0.3, -0.25) is 14.5 Å². The maximum absolute atomic E-state index is 12.9. The number of carbonyl (C=O) groups is 2. The second-order valence-electron chi connectivity index (χ2n) is 8.31. The SMILES string of the molecule is O=C(C1CC(=O)N(C2CCCC2)C1)N1CCN(C2CCCC2O)CC1. The molecule has 0 radical (unpaired) electrons. The van der Waals surface area contributed by atoms with Crippen LogP contribution in [0.1, 0.15) is 51.4 Å². The zero-order valence-electron chi connectivity index (χ0n) is 15.1. The number of likely N-dealkylation sites (tertiary alicyclic amines) is 1. The molecule has 4 fully saturated rings. The summed E-state index contributed by atoms with van der Waals surface area (Å²) in [7, 11) is 0. The molecular formula is C19H31N3O3. The summed E-state index contributed by atoms with van der Waals surface area (Å²) in [5, 5.41) is 10.1. The van der Waals surface area contributed by atoms with Crippen LogP contribution < -0.4 is 0 Å². The number of carbonyl (C=O) groups excluding carboxylic acids is 2. The Morgan fingerprint density at radius 3 is 2.32 bits per heavy atom. The first-order chi connectivity index (χ1) is 12.1. The van der Waals surface area contributed by atoms with Crippen molar-refractivity contribution in [1.82, 2.24) is 14.7 Å². The highest BCUT2D eigenvalue weighted by Crippen LogP contribution is 2.31. The van der Waals surface area contributed by atoms with Crippen LogP contribution in [0.15, 0.2) is 0 Å². The predicted octanol–water partition coefficient (Wildman–Crippen LogP) is 0.835. The van der Waals surface area contributed by atoms with E-state index >= 15 is 0 Å². The minimum absolute atomic E-state index is 0.142. The lowest BCUT2D eigenvalue weighted by Gasteiger charge is -2.39. The first-order valence-electron chi connectivity index (χ1n) is 10.1. The van der Waals surface area contributed by atoms with Crippen LogP contribution in [0, 0.1) is 5.92 Å². The molecule has 6 heteroatoms. The van der Waals surface area contributed by atoms with Crippen LogP contribution in [0.3, 0.4) is 0 Å². The lowest BCUT2D eigenvalue weighted by Crippen LogP contribution is -2.54. The number of hydrogen-bond donors (Lipinski definition) is 1. The zero-order chi connectivity index (χ0) is 17.4. The van der Waals surface area contributed by atoms with Crippen molar-refractivity contribution in [2.75, 3.05) is 32.7 Å². The van der Waals surface area contributed by atoms with Crippen molar-refractivity contribution in [3.8, 4) is 0 Å². The summed E-state index contributed by atoms with van der Waals surface area (Å²) in [5.74, 6) is 0.204. The summed E-state index contributed by atoms with van der Waals surface area (Å²) in [5.41, 5.74) is 0. The molecular weight excluding hydrogens is 318 g/mol. The van der Waals surface area contributed by atoms with Gasteiger partial charge in [0.15, 0.2) is 0 Å². The van der Waals surface area contributed by atoms with Crippen molar-refractivity contribution in [3.63, 3.8) is 0 Å². The Hall–Kier alpha value is -1.14. The molecule has 3 unspecified atom stereocenters. The largest absolute Gasteiger partial charge is 0.391 e. The van der Waals surface area contributed by atoms with Gasteiger partial charge < -0.3 is 14.9 Å². The van der Waals surface area contributed by atoms with E-state index in [1.165, 1.54) is 12.8 Å². The van der Waals surface area contributed by atoms with E-state index in [1.54, 1.807) is 0 Å². The minimum Gasteiger partial charge on any atom is -0.391 e. The van der Waals surface area contributed by atoms with E-state index in [0.717, 1.165) is 58.3 Å². The van der Waals surface area contributed by atoms with E-state index in [-0.39, 0.29) is 29.9 Å². The van der Waals surface area contributed by atoms with E-state index in [0.29, 0.717) is 19.0 Å². The number of aliphatic hydroxyl groups is 1. The van der Waals surface area contributed by atoms with Crippen molar-refractivity contribution in [1.29, 1.82) is 0 Å². The summed E-state index contributed by atoms with van der Waals surface area (Å²) in [4.78, 5) is 31.5. The Kier molecular flexibility index (Phi) is 5.00. The summed E-state index contributed by atoms with van der Waals surface area (Å²) in [6, 6.07) is 0.661. The third kappa shape index (κ3) is 3.43. The van der Waals surface area contributed by atoms with Crippen molar-refractivity contribution >= 4 is 11.8 Å². The number of nitrogens with zero attached hydrogens (tertiary/aromatic N) is 3. The highest BCUT2D eigenvalue weighted by Gasteiger charge is 2.41. The van der Waals surface area contributed by atoms with Crippen LogP contribution in [0.4, 0.5) is 0 Å². The molecule has 25 heavy (non-hydrogen) atoms. The second kappa shape index (κ2) is 7.23. The summed E-state index contributed by atoms with van der Waals surface area (Å²) >= 11 is 0. The molecule has 0 aromatic carbocycles. The highest BCUT2D eigenvalue weighted by molar-refractivity contribution is 5.89. The van der Waals surface area contributed by atoms with E-state index < -0.39 is 0 Å². The highest BCUT2D eigenvalue weighted by atomic mass is 16.3. The lowest BCUT2D eigenvalue weighted by atomic mass is 10.1. The Morgan fingerprint density at radius 2 is 1.68 bits per heavy atom. The van der Waals surface area contributed by atoms with Gasteiger partial charge in [0.25, 0.3) is 0 Å². The monoisotopic (exact) mass is 349 g/mol. The fraction of sp³-hybridized carbons (Fsp3) is 0.895. The summed E-state index contributed by atoms with van der Waals surface area (Å²) in [6.07, 6.45) is 7.92. The van der Waals surface area contributed by atoms with Gasteiger partial charge in [-0.25, -0.2) is 0 Å². The molecule has 2 aliphatic heterocycles. The Labute approximate surface area is 150 Å². The average molecular weight is 349 g/mol. The molecule has 2 saturated carbocycles. The van der Waals surface area contributed by atoms with E-state index in [4.69, 9.17) is 0 Å². The minimum atomic E-state index is -0.199. The summed E-state index contributed by atoms with van der Waals surface area (Å²) in [6.45, 7) is 3.79. The van der Waals surface area contributed by atoms with Crippen LogP contribution >= 0.6 is 0 Å². The Morgan fingerprint density at radius 1 is 0.960 bits per heavy atom. The third-order valence-electron chi connectivity index (χ3n) is 6.81. The van der Waals surface area contributed by atoms with Crippen LogP contribution in [-0.2, 0) is 9.59 Å². The van der Waals surface area contributed by atoms with Gasteiger partial charge in [-0.05, 0) is 32.1 Å². The van der Waals surface area contributed by atoms with Gasteiger partial charge in [-0.1, -0.05) is 12.8 Å². The van der Waals surface area contributed by atoms with Crippen LogP contribution in [0.25, 0.3) is 0 Å². The maximum Gasteiger partial charge on any atom is 0.228 e. The summed E-state index contributed by atoms with van der Waals surface area (Å²) < 4.78 is 0. The van der Waals surface area contributed by atoms with Crippen LogP contribution in [0.2, 0.25) is 0 Å². The molecule has 3 atom stereocenters. The fourth-order valence-electron chi connectivity index (χ4n) is 5.34. The molecule has 2 saturated heterocycles. The van der Waals surface area contributed by atoms with E-state index in [1.807, 2.05) is 9.80 Å². The van der Waals surface area contributed by atoms with Gasteiger partial charge in [-0.2, -0.15) is 0 Å². The fourth-order valence-corrected chi connectivity index (χ4v) is 5.34. The van der Waals surface area contributed by atoms with Crippen LogP contribution in [0.5, 0.6) is 0 Å². The number of rotatable bonds is 3. The number of hydrogen-bond acceptors (Lipinski definition) is 4. The number of aliphatic hydroxyl groups excluding tert-OH is 1. The number of piperazine rings is 1. The first kappa shape index (κ1) is 17.3. The molecule has 0 bridgehead atoms. The van der Waals surface area contributed by atoms with Crippen molar-refractivity contribution < 1.29 is 14.7 Å². The van der Waals surface area contributed by atoms with Crippen molar-refractivity contribution in [2.24, 2.45) is 5.92 Å². The second-order valence-corrected chi connectivity index (χ2v) is 8.31. The normalized spacial score (nSPS) is 35.1. The third-order valence-corrected chi connectivity index (χ3v) is 6.81. The van der Waals surface area contributed by atoms with Gasteiger partial charge in [0.1, 0.15) is 0 Å². The van der Waals surface area contributed by atoms with Crippen LogP contribution in [-0.4, -0.2) is 82.5 Å². The van der Waals surface area contributed by atoms with E-state index in [9.17, 15) is 14.7 Å². The Bertz CT molecular complexity index is 512. The molecule has 4 aliphatic rings. The maximum atomic E-state index is 12.9. The van der Waals surface area contributed by atoms with E-state index in [2.05, 4.69) is 4.90 Å². The van der Waals surface area contributed by atoms with Gasteiger partial charge in [0.2, 0.25) is 11.8 Å². The molecule has 2 heterocycles. The molecule has 0 aromatic heterocycles. The van der Waals surface area contributed by atoms with Crippen molar-refractivity contribution in [3.05, 3.63) is 0 Å².